The van der Waals surface area contributed by atoms with Crippen molar-refractivity contribution in [1.29, 1.82) is 0 Å². The third-order valence-corrected chi connectivity index (χ3v) is 3.78. The molecule has 1 aliphatic rings. The lowest BCUT2D eigenvalue weighted by atomic mass is 10.2. The van der Waals surface area contributed by atoms with E-state index in [0.29, 0.717) is 19.6 Å². The molecule has 1 N–H and O–H groups in total. The Hall–Kier alpha value is -2.08. The van der Waals surface area contributed by atoms with Crippen molar-refractivity contribution in [3.8, 4) is 0 Å². The maximum absolute atomic E-state index is 12.2. The summed E-state index contributed by atoms with van der Waals surface area (Å²) in [5.41, 5.74) is 1.91. The van der Waals surface area contributed by atoms with E-state index in [1.54, 1.807) is 0 Å². The van der Waals surface area contributed by atoms with Gasteiger partial charge in [-0.25, -0.2) is 9.78 Å². The van der Waals surface area contributed by atoms with E-state index in [1.807, 2.05) is 53.7 Å². The molecule has 22 heavy (non-hydrogen) atoms. The zero-order valence-corrected chi connectivity index (χ0v) is 13.0. The number of aromatic nitrogens is 2. The standard InChI is InChI=1S/C16H22N4O2/c1-12-9-20(10-13(2)22-12)16(21)17-7-6-14-11-19-8-4-3-5-15(19)18-14/h3-5,8,11-13H,6-7,9-10H2,1-2H3,(H,17,21)/t12-,13-/m0/s1. The second-order valence-corrected chi connectivity index (χ2v) is 5.84. The molecule has 0 radical (unpaired) electrons. The molecule has 2 aromatic heterocycles. The molecule has 2 atom stereocenters. The van der Waals surface area contributed by atoms with Gasteiger partial charge in [-0.15, -0.1) is 0 Å². The van der Waals surface area contributed by atoms with Crippen LogP contribution in [0, 0.1) is 0 Å². The lowest BCUT2D eigenvalue weighted by Crippen LogP contribution is -2.51. The van der Waals surface area contributed by atoms with Crippen molar-refractivity contribution in [3.05, 3.63) is 36.3 Å². The van der Waals surface area contributed by atoms with Gasteiger partial charge >= 0.3 is 6.03 Å². The highest BCUT2D eigenvalue weighted by Crippen LogP contribution is 2.10. The monoisotopic (exact) mass is 302 g/mol. The molecule has 0 aromatic carbocycles. The number of imidazole rings is 1. The Labute approximate surface area is 130 Å². The molecule has 1 saturated heterocycles. The molecule has 0 spiro atoms. The van der Waals surface area contributed by atoms with Gasteiger partial charge in [0.05, 0.1) is 17.9 Å². The molecule has 118 valence electrons. The Kier molecular flexibility index (Phi) is 4.29. The minimum atomic E-state index is -0.0224. The van der Waals surface area contributed by atoms with Gasteiger partial charge in [0, 0.05) is 38.4 Å². The van der Waals surface area contributed by atoms with E-state index in [0.717, 1.165) is 17.8 Å². The first-order chi connectivity index (χ1) is 10.6. The predicted molar refractivity (Wildman–Crippen MR) is 83.9 cm³/mol. The number of rotatable bonds is 3. The molecule has 0 saturated carbocycles. The summed E-state index contributed by atoms with van der Waals surface area (Å²) in [5, 5.41) is 2.97. The lowest BCUT2D eigenvalue weighted by molar-refractivity contribution is -0.0544. The molecule has 2 amide bonds. The van der Waals surface area contributed by atoms with Crippen molar-refractivity contribution in [2.24, 2.45) is 0 Å². The van der Waals surface area contributed by atoms with E-state index < -0.39 is 0 Å². The third kappa shape index (κ3) is 3.39. The first kappa shape index (κ1) is 14.8. The summed E-state index contributed by atoms with van der Waals surface area (Å²) in [5.74, 6) is 0. The SMILES string of the molecule is C[C@H]1CN(C(=O)NCCc2cn3ccccc3n2)C[C@H](C)O1. The summed E-state index contributed by atoms with van der Waals surface area (Å²) in [6.45, 7) is 5.86. The quantitative estimate of drug-likeness (QED) is 0.939. The second-order valence-electron chi connectivity index (χ2n) is 5.84. The maximum atomic E-state index is 12.2. The average Bonchev–Trinajstić information content (AvgIpc) is 2.88. The average molecular weight is 302 g/mol. The number of carbonyl (C=O) groups is 1. The zero-order valence-electron chi connectivity index (χ0n) is 13.0. The molecule has 6 heteroatoms. The van der Waals surface area contributed by atoms with E-state index in [1.165, 1.54) is 0 Å². The van der Waals surface area contributed by atoms with Gasteiger partial charge in [0.1, 0.15) is 5.65 Å². The van der Waals surface area contributed by atoms with Gasteiger partial charge in [0.25, 0.3) is 0 Å². The van der Waals surface area contributed by atoms with Crippen LogP contribution in [-0.2, 0) is 11.2 Å². The van der Waals surface area contributed by atoms with E-state index in [9.17, 15) is 4.79 Å². The highest BCUT2D eigenvalue weighted by Gasteiger charge is 2.25. The number of carbonyl (C=O) groups excluding carboxylic acids is 1. The van der Waals surface area contributed by atoms with Gasteiger partial charge in [-0.2, -0.15) is 0 Å². The number of hydrogen-bond donors (Lipinski definition) is 1. The van der Waals surface area contributed by atoms with Crippen LogP contribution in [0.3, 0.4) is 0 Å². The first-order valence-corrected chi connectivity index (χ1v) is 7.72. The number of amides is 2. The fourth-order valence-electron chi connectivity index (χ4n) is 2.86. The van der Waals surface area contributed by atoms with Gasteiger partial charge in [0.2, 0.25) is 0 Å². The Morgan fingerprint density at radius 2 is 2.14 bits per heavy atom. The van der Waals surface area contributed by atoms with E-state index >= 15 is 0 Å². The molecule has 1 fully saturated rings. The van der Waals surface area contributed by atoms with Crippen LogP contribution < -0.4 is 5.32 Å². The molecule has 0 bridgehead atoms. The molecule has 0 unspecified atom stereocenters. The van der Waals surface area contributed by atoms with Crippen LogP contribution in [0.15, 0.2) is 30.6 Å². The fourth-order valence-corrected chi connectivity index (χ4v) is 2.86. The topological polar surface area (TPSA) is 58.9 Å². The van der Waals surface area contributed by atoms with Gasteiger partial charge in [0.15, 0.2) is 0 Å². The summed E-state index contributed by atoms with van der Waals surface area (Å²) >= 11 is 0. The second kappa shape index (κ2) is 6.36. The van der Waals surface area contributed by atoms with Crippen LogP contribution in [0.25, 0.3) is 5.65 Å². The van der Waals surface area contributed by atoms with E-state index in [-0.39, 0.29) is 18.2 Å². The van der Waals surface area contributed by atoms with Crippen molar-refractivity contribution in [2.75, 3.05) is 19.6 Å². The molecule has 0 aliphatic carbocycles. The highest BCUT2D eigenvalue weighted by atomic mass is 16.5. The van der Waals surface area contributed by atoms with E-state index in [4.69, 9.17) is 4.74 Å². The summed E-state index contributed by atoms with van der Waals surface area (Å²) in [6, 6.07) is 5.89. The molecule has 3 rings (SSSR count). The molecule has 6 nitrogen and oxygen atoms in total. The number of urea groups is 1. The van der Waals surface area contributed by atoms with Crippen LogP contribution >= 0.6 is 0 Å². The van der Waals surface area contributed by atoms with Crippen LogP contribution in [0.1, 0.15) is 19.5 Å². The minimum absolute atomic E-state index is 0.0224. The number of morpholine rings is 1. The number of pyridine rings is 1. The zero-order chi connectivity index (χ0) is 15.5. The molecule has 3 heterocycles. The molecule has 1 aliphatic heterocycles. The van der Waals surface area contributed by atoms with Crippen molar-refractivity contribution >= 4 is 11.7 Å². The van der Waals surface area contributed by atoms with E-state index in [2.05, 4.69) is 10.3 Å². The van der Waals surface area contributed by atoms with Gasteiger partial charge < -0.3 is 19.4 Å². The smallest absolute Gasteiger partial charge is 0.317 e. The number of nitrogens with zero attached hydrogens (tertiary/aromatic N) is 3. The Balaban J connectivity index is 1.51. The number of ether oxygens (including phenoxy) is 1. The number of hydrogen-bond acceptors (Lipinski definition) is 3. The van der Waals surface area contributed by atoms with Crippen molar-refractivity contribution < 1.29 is 9.53 Å². The van der Waals surface area contributed by atoms with Gasteiger partial charge in [-0.05, 0) is 26.0 Å². The normalized spacial score (nSPS) is 22.0. The Bertz CT molecular complexity index is 611. The van der Waals surface area contributed by atoms with Crippen LogP contribution in [0.4, 0.5) is 4.79 Å². The lowest BCUT2D eigenvalue weighted by Gasteiger charge is -2.35. The molecular formula is C16H22N4O2. The number of fused-ring (bicyclic) bond motifs is 1. The summed E-state index contributed by atoms with van der Waals surface area (Å²) < 4.78 is 7.63. The van der Waals surface area contributed by atoms with Gasteiger partial charge in [-0.1, -0.05) is 6.07 Å². The largest absolute Gasteiger partial charge is 0.372 e. The fraction of sp³-hybridized carbons (Fsp3) is 0.500. The van der Waals surface area contributed by atoms with Crippen LogP contribution in [0.5, 0.6) is 0 Å². The third-order valence-electron chi connectivity index (χ3n) is 3.78. The Morgan fingerprint density at radius 3 is 2.86 bits per heavy atom. The summed E-state index contributed by atoms with van der Waals surface area (Å²) in [4.78, 5) is 18.5. The summed E-state index contributed by atoms with van der Waals surface area (Å²) in [6.07, 6.45) is 4.88. The molecular weight excluding hydrogens is 280 g/mol. The Morgan fingerprint density at radius 1 is 1.36 bits per heavy atom. The highest BCUT2D eigenvalue weighted by molar-refractivity contribution is 5.74. The van der Waals surface area contributed by atoms with Crippen molar-refractivity contribution in [1.82, 2.24) is 19.6 Å². The van der Waals surface area contributed by atoms with Gasteiger partial charge in [-0.3, -0.25) is 0 Å². The minimum Gasteiger partial charge on any atom is -0.372 e. The first-order valence-electron chi connectivity index (χ1n) is 7.72. The maximum Gasteiger partial charge on any atom is 0.317 e. The van der Waals surface area contributed by atoms with Crippen LogP contribution in [-0.4, -0.2) is 52.2 Å². The number of nitrogens with one attached hydrogen (secondary N) is 1. The van der Waals surface area contributed by atoms with Crippen molar-refractivity contribution in [2.45, 2.75) is 32.5 Å². The predicted octanol–water partition coefficient (Wildman–Crippen LogP) is 1.70. The van der Waals surface area contributed by atoms with Crippen molar-refractivity contribution in [3.63, 3.8) is 0 Å². The van der Waals surface area contributed by atoms with Crippen LogP contribution in [0.2, 0.25) is 0 Å². The summed E-state index contributed by atoms with van der Waals surface area (Å²) in [7, 11) is 0. The molecule has 2 aromatic rings.